The Bertz CT molecular complexity index is 390. The molecule has 5 heteroatoms. The van der Waals surface area contributed by atoms with Crippen LogP contribution in [0.2, 0.25) is 0 Å². The van der Waals surface area contributed by atoms with Crippen LogP contribution in [0.1, 0.15) is 52.9 Å². The van der Waals surface area contributed by atoms with Crippen LogP contribution in [0.5, 0.6) is 0 Å². The minimum Gasteiger partial charge on any atom is -0.444 e. The Morgan fingerprint density at radius 3 is 2.08 bits per heavy atom. The number of amides is 1. The maximum Gasteiger partial charge on any atom is 0.407 e. The summed E-state index contributed by atoms with van der Waals surface area (Å²) in [5.41, 5.74) is -0.426. The molecule has 0 aliphatic carbocycles. The molecule has 1 aliphatic rings. The van der Waals surface area contributed by atoms with Crippen LogP contribution < -0.4 is 5.32 Å². The summed E-state index contributed by atoms with van der Waals surface area (Å²) in [6.45, 7) is 13.2. The number of hydrogen-bond donors (Lipinski definition) is 1. The third-order valence-electron chi connectivity index (χ3n) is 4.08. The van der Waals surface area contributed by atoms with Gasteiger partial charge in [0.25, 0.3) is 0 Å². The average Bonchev–Trinajstić information content (AvgIpc) is 2.51. The van der Waals surface area contributed by atoms with E-state index in [1.807, 2.05) is 20.8 Å². The standard InChI is InChI=1S/C19H35N3O2/c1-5-6-7-9-12-21-14-16-22(17-15-21)13-10-8-11-20-18(23)24-19(2,3)4/h1H,6-17H2,2-4H3,(H,20,23). The molecule has 1 rings (SSSR count). The van der Waals surface area contributed by atoms with E-state index in [1.165, 1.54) is 13.0 Å². The number of hydrogen-bond acceptors (Lipinski definition) is 4. The highest BCUT2D eigenvalue weighted by Crippen LogP contribution is 2.07. The molecule has 0 bridgehead atoms. The first-order chi connectivity index (χ1) is 11.4. The number of ether oxygens (including phenoxy) is 1. The first-order valence-corrected chi connectivity index (χ1v) is 9.26. The van der Waals surface area contributed by atoms with Crippen LogP contribution in [0.25, 0.3) is 0 Å². The van der Waals surface area contributed by atoms with Crippen LogP contribution in [0.15, 0.2) is 0 Å². The largest absolute Gasteiger partial charge is 0.444 e. The molecule has 0 unspecified atom stereocenters. The smallest absolute Gasteiger partial charge is 0.407 e. The maximum absolute atomic E-state index is 11.5. The molecule has 1 heterocycles. The number of carbonyl (C=O) groups is 1. The monoisotopic (exact) mass is 337 g/mol. The molecular weight excluding hydrogens is 302 g/mol. The van der Waals surface area contributed by atoms with Gasteiger partial charge in [-0.2, -0.15) is 0 Å². The van der Waals surface area contributed by atoms with E-state index >= 15 is 0 Å². The van der Waals surface area contributed by atoms with E-state index in [2.05, 4.69) is 21.0 Å². The van der Waals surface area contributed by atoms with E-state index in [0.29, 0.717) is 6.54 Å². The van der Waals surface area contributed by atoms with Crippen molar-refractivity contribution in [3.05, 3.63) is 0 Å². The molecule has 1 saturated heterocycles. The molecule has 0 radical (unpaired) electrons. The summed E-state index contributed by atoms with van der Waals surface area (Å²) in [7, 11) is 0. The molecule has 1 N–H and O–H groups in total. The van der Waals surface area contributed by atoms with Crippen LogP contribution in [0, 0.1) is 12.3 Å². The van der Waals surface area contributed by atoms with Crippen molar-refractivity contribution in [1.82, 2.24) is 15.1 Å². The van der Waals surface area contributed by atoms with Crippen molar-refractivity contribution in [3.8, 4) is 12.3 Å². The van der Waals surface area contributed by atoms with Crippen molar-refractivity contribution < 1.29 is 9.53 Å². The highest BCUT2D eigenvalue weighted by atomic mass is 16.6. The molecule has 5 nitrogen and oxygen atoms in total. The Morgan fingerprint density at radius 1 is 1.04 bits per heavy atom. The minimum absolute atomic E-state index is 0.319. The zero-order valence-corrected chi connectivity index (χ0v) is 15.8. The van der Waals surface area contributed by atoms with Gasteiger partial charge < -0.3 is 19.9 Å². The fraction of sp³-hybridized carbons (Fsp3) is 0.842. The van der Waals surface area contributed by atoms with Crippen LogP contribution in [-0.2, 0) is 4.74 Å². The minimum atomic E-state index is -0.426. The SMILES string of the molecule is C#CCCCCN1CCN(CCCCNC(=O)OC(C)(C)C)CC1. The summed E-state index contributed by atoms with van der Waals surface area (Å²) in [6.07, 6.45) is 10.3. The second-order valence-electron chi connectivity index (χ2n) is 7.48. The van der Waals surface area contributed by atoms with Gasteiger partial charge in [0.15, 0.2) is 0 Å². The molecule has 0 aromatic rings. The predicted octanol–water partition coefficient (Wildman–Crippen LogP) is 2.71. The first kappa shape index (κ1) is 20.8. The van der Waals surface area contributed by atoms with E-state index in [4.69, 9.17) is 11.2 Å². The topological polar surface area (TPSA) is 44.8 Å². The van der Waals surface area contributed by atoms with Crippen molar-refractivity contribution >= 4 is 6.09 Å². The number of rotatable bonds is 9. The third kappa shape index (κ3) is 10.5. The predicted molar refractivity (Wildman–Crippen MR) is 99.0 cm³/mol. The van der Waals surface area contributed by atoms with Gasteiger partial charge >= 0.3 is 6.09 Å². The lowest BCUT2D eigenvalue weighted by molar-refractivity contribution is 0.0526. The van der Waals surface area contributed by atoms with Gasteiger partial charge in [0.1, 0.15) is 5.60 Å². The number of nitrogens with one attached hydrogen (secondary N) is 1. The summed E-state index contributed by atoms with van der Waals surface area (Å²) in [5.74, 6) is 2.70. The maximum atomic E-state index is 11.5. The van der Waals surface area contributed by atoms with Crippen LogP contribution in [-0.4, -0.2) is 67.3 Å². The summed E-state index contributed by atoms with van der Waals surface area (Å²) < 4.78 is 5.22. The van der Waals surface area contributed by atoms with Gasteiger partial charge in [-0.05, 0) is 59.5 Å². The van der Waals surface area contributed by atoms with Gasteiger partial charge in [-0.1, -0.05) is 0 Å². The van der Waals surface area contributed by atoms with Gasteiger partial charge in [0, 0.05) is 39.1 Å². The fourth-order valence-electron chi connectivity index (χ4n) is 2.76. The zero-order valence-electron chi connectivity index (χ0n) is 15.8. The van der Waals surface area contributed by atoms with E-state index in [1.54, 1.807) is 0 Å². The number of piperazine rings is 1. The Hall–Kier alpha value is -1.25. The number of unbranched alkanes of at least 4 members (excludes halogenated alkanes) is 3. The van der Waals surface area contributed by atoms with Crippen molar-refractivity contribution in [2.75, 3.05) is 45.8 Å². The lowest BCUT2D eigenvalue weighted by atomic mass is 10.2. The Kier molecular flexibility index (Phi) is 9.82. The van der Waals surface area contributed by atoms with Crippen molar-refractivity contribution in [2.45, 2.75) is 58.5 Å². The first-order valence-electron chi connectivity index (χ1n) is 9.26. The fourth-order valence-corrected chi connectivity index (χ4v) is 2.76. The molecule has 1 aliphatic heterocycles. The molecule has 0 aromatic heterocycles. The van der Waals surface area contributed by atoms with Crippen LogP contribution in [0.4, 0.5) is 4.79 Å². The molecule has 0 atom stereocenters. The summed E-state index contributed by atoms with van der Waals surface area (Å²) in [5, 5.41) is 2.82. The van der Waals surface area contributed by atoms with Gasteiger partial charge in [-0.15, -0.1) is 12.3 Å². The van der Waals surface area contributed by atoms with Gasteiger partial charge in [0.05, 0.1) is 0 Å². The molecule has 0 saturated carbocycles. The highest BCUT2D eigenvalue weighted by Gasteiger charge is 2.17. The normalized spacial score (nSPS) is 16.6. The second kappa shape index (κ2) is 11.3. The van der Waals surface area contributed by atoms with E-state index in [0.717, 1.165) is 58.4 Å². The summed E-state index contributed by atoms with van der Waals surface area (Å²) >= 11 is 0. The van der Waals surface area contributed by atoms with E-state index in [9.17, 15) is 4.79 Å². The van der Waals surface area contributed by atoms with E-state index < -0.39 is 5.60 Å². The molecular formula is C19H35N3O2. The number of alkyl carbamates (subject to hydrolysis) is 1. The Balaban J connectivity index is 1.98. The average molecular weight is 338 g/mol. The lowest BCUT2D eigenvalue weighted by Gasteiger charge is -2.34. The molecule has 1 amide bonds. The quantitative estimate of drug-likeness (QED) is 0.519. The van der Waals surface area contributed by atoms with Gasteiger partial charge in [-0.3, -0.25) is 0 Å². The van der Waals surface area contributed by atoms with E-state index in [-0.39, 0.29) is 6.09 Å². The highest BCUT2D eigenvalue weighted by molar-refractivity contribution is 5.67. The zero-order chi connectivity index (χ0) is 17.8. The number of terminal acetylenes is 1. The Labute approximate surface area is 148 Å². The Morgan fingerprint density at radius 2 is 1.58 bits per heavy atom. The summed E-state index contributed by atoms with van der Waals surface area (Å²) in [4.78, 5) is 16.6. The third-order valence-corrected chi connectivity index (χ3v) is 4.08. The lowest BCUT2D eigenvalue weighted by Crippen LogP contribution is -2.46. The van der Waals surface area contributed by atoms with Crippen molar-refractivity contribution in [3.63, 3.8) is 0 Å². The molecule has 1 fully saturated rings. The number of nitrogens with zero attached hydrogens (tertiary/aromatic N) is 2. The van der Waals surface area contributed by atoms with Gasteiger partial charge in [0.2, 0.25) is 0 Å². The van der Waals surface area contributed by atoms with Crippen molar-refractivity contribution in [1.29, 1.82) is 0 Å². The van der Waals surface area contributed by atoms with Crippen molar-refractivity contribution in [2.24, 2.45) is 0 Å². The molecule has 24 heavy (non-hydrogen) atoms. The second-order valence-corrected chi connectivity index (χ2v) is 7.48. The van der Waals surface area contributed by atoms with Gasteiger partial charge in [-0.25, -0.2) is 4.79 Å². The molecule has 138 valence electrons. The molecule has 0 spiro atoms. The number of carbonyl (C=O) groups excluding carboxylic acids is 1. The van der Waals surface area contributed by atoms with Crippen LogP contribution >= 0.6 is 0 Å². The van der Waals surface area contributed by atoms with Crippen LogP contribution in [0.3, 0.4) is 0 Å². The summed E-state index contributed by atoms with van der Waals surface area (Å²) in [6, 6.07) is 0. The molecule has 0 aromatic carbocycles.